The van der Waals surface area contributed by atoms with E-state index in [1.54, 1.807) is 20.4 Å². The predicted octanol–water partition coefficient (Wildman–Crippen LogP) is 4.81. The summed E-state index contributed by atoms with van der Waals surface area (Å²) in [4.78, 5) is 6.54. The normalized spacial score (nSPS) is 10.3. The molecule has 0 bridgehead atoms. The molecule has 2 aromatic carbocycles. The van der Waals surface area contributed by atoms with Gasteiger partial charge in [-0.3, -0.25) is 4.98 Å². The van der Waals surface area contributed by atoms with Crippen LogP contribution in [0, 0.1) is 6.92 Å². The first-order valence-electron chi connectivity index (χ1n) is 9.32. The smallest absolute Gasteiger partial charge is 0.174 e. The minimum atomic E-state index is 0.590. The molecule has 1 heterocycles. The molecule has 0 aliphatic carbocycles. The Labute approximate surface area is 177 Å². The number of nitrogens with zero attached hydrogens (tertiary/aromatic N) is 2. The van der Waals surface area contributed by atoms with E-state index in [1.165, 1.54) is 0 Å². The van der Waals surface area contributed by atoms with Gasteiger partial charge in [-0.2, -0.15) is 0 Å². The summed E-state index contributed by atoms with van der Waals surface area (Å²) in [6, 6.07) is 19.8. The van der Waals surface area contributed by atoms with Gasteiger partial charge in [0.05, 0.1) is 32.1 Å². The average Bonchev–Trinajstić information content (AvgIpc) is 2.74. The van der Waals surface area contributed by atoms with Crippen molar-refractivity contribution in [2.24, 2.45) is 0 Å². The molecule has 0 radical (unpaired) electrons. The molecule has 0 aliphatic heterocycles. The maximum atomic E-state index is 5.76. The van der Waals surface area contributed by atoms with Gasteiger partial charge < -0.3 is 19.7 Å². The highest BCUT2D eigenvalue weighted by Gasteiger charge is 2.14. The van der Waals surface area contributed by atoms with Crippen LogP contribution in [-0.2, 0) is 13.1 Å². The summed E-state index contributed by atoms with van der Waals surface area (Å²) in [7, 11) is 3.32. The van der Waals surface area contributed by atoms with E-state index in [0.29, 0.717) is 18.2 Å². The summed E-state index contributed by atoms with van der Waals surface area (Å²) < 4.78 is 10.7. The summed E-state index contributed by atoms with van der Waals surface area (Å²) in [5, 5.41) is 3.95. The molecule has 0 amide bonds. The number of ether oxygens (including phenoxy) is 2. The molecule has 1 aromatic heterocycles. The lowest BCUT2D eigenvalue weighted by atomic mass is 10.2. The highest BCUT2D eigenvalue weighted by molar-refractivity contribution is 7.80. The van der Waals surface area contributed by atoms with Crippen molar-refractivity contribution in [3.63, 3.8) is 0 Å². The van der Waals surface area contributed by atoms with Gasteiger partial charge in [-0.1, -0.05) is 24.3 Å². The standard InChI is InChI=1S/C23H25N3O2S/c1-17-7-12-22(28-3)21(14-17)25-23(29)26(16-19-6-4-5-13-24-19)15-18-8-10-20(27-2)11-9-18/h4-14H,15-16H2,1-3H3,(H,25,29). The zero-order chi connectivity index (χ0) is 20.6. The molecule has 29 heavy (non-hydrogen) atoms. The van der Waals surface area contributed by atoms with Gasteiger partial charge in [0.1, 0.15) is 11.5 Å². The van der Waals surface area contributed by atoms with Gasteiger partial charge >= 0.3 is 0 Å². The summed E-state index contributed by atoms with van der Waals surface area (Å²) in [5.74, 6) is 1.58. The Hall–Kier alpha value is -3.12. The molecule has 150 valence electrons. The van der Waals surface area contributed by atoms with E-state index in [2.05, 4.69) is 15.2 Å². The van der Waals surface area contributed by atoms with Crippen LogP contribution in [0.5, 0.6) is 11.5 Å². The molecule has 5 nitrogen and oxygen atoms in total. The number of methoxy groups -OCH3 is 2. The van der Waals surface area contributed by atoms with Crippen LogP contribution in [-0.4, -0.2) is 29.2 Å². The SMILES string of the molecule is COc1ccc(CN(Cc2ccccn2)C(=S)Nc2cc(C)ccc2OC)cc1. The van der Waals surface area contributed by atoms with E-state index in [0.717, 1.165) is 34.0 Å². The number of pyridine rings is 1. The molecule has 3 rings (SSSR count). The summed E-state index contributed by atoms with van der Waals surface area (Å²) in [6.45, 7) is 3.27. The number of anilines is 1. The van der Waals surface area contributed by atoms with Gasteiger partial charge in [0.15, 0.2) is 5.11 Å². The molecule has 0 saturated heterocycles. The van der Waals surface area contributed by atoms with E-state index < -0.39 is 0 Å². The number of hydrogen-bond acceptors (Lipinski definition) is 4. The molecule has 3 aromatic rings. The maximum Gasteiger partial charge on any atom is 0.174 e. The molecular weight excluding hydrogens is 382 g/mol. The van der Waals surface area contributed by atoms with Crippen LogP contribution in [0.2, 0.25) is 0 Å². The van der Waals surface area contributed by atoms with E-state index in [4.69, 9.17) is 21.7 Å². The number of hydrogen-bond donors (Lipinski definition) is 1. The number of rotatable bonds is 7. The van der Waals surface area contributed by atoms with Crippen molar-refractivity contribution >= 4 is 23.0 Å². The highest BCUT2D eigenvalue weighted by atomic mass is 32.1. The third-order valence-electron chi connectivity index (χ3n) is 4.50. The third kappa shape index (κ3) is 5.68. The first-order valence-corrected chi connectivity index (χ1v) is 9.73. The Kier molecular flexibility index (Phi) is 7.03. The van der Waals surface area contributed by atoms with Crippen molar-refractivity contribution in [1.29, 1.82) is 0 Å². The predicted molar refractivity (Wildman–Crippen MR) is 120 cm³/mol. The van der Waals surface area contributed by atoms with Gasteiger partial charge in [0.25, 0.3) is 0 Å². The zero-order valence-electron chi connectivity index (χ0n) is 16.9. The Morgan fingerprint density at radius 2 is 1.79 bits per heavy atom. The second kappa shape index (κ2) is 9.89. The third-order valence-corrected chi connectivity index (χ3v) is 4.86. The Bertz CT molecular complexity index is 946. The molecule has 0 saturated carbocycles. The zero-order valence-corrected chi connectivity index (χ0v) is 17.7. The topological polar surface area (TPSA) is 46.6 Å². The minimum Gasteiger partial charge on any atom is -0.497 e. The van der Waals surface area contributed by atoms with Gasteiger partial charge in [-0.25, -0.2) is 0 Å². The largest absolute Gasteiger partial charge is 0.497 e. The molecule has 6 heteroatoms. The summed E-state index contributed by atoms with van der Waals surface area (Å²) in [5.41, 5.74) is 4.05. The van der Waals surface area contributed by atoms with E-state index in [-0.39, 0.29) is 0 Å². The van der Waals surface area contributed by atoms with Crippen molar-refractivity contribution in [2.75, 3.05) is 19.5 Å². The number of benzene rings is 2. The summed E-state index contributed by atoms with van der Waals surface area (Å²) in [6.07, 6.45) is 1.79. The van der Waals surface area contributed by atoms with Crippen molar-refractivity contribution in [2.45, 2.75) is 20.0 Å². The highest BCUT2D eigenvalue weighted by Crippen LogP contribution is 2.26. The first kappa shape index (κ1) is 20.6. The molecular formula is C23H25N3O2S. The van der Waals surface area contributed by atoms with Crippen LogP contribution in [0.15, 0.2) is 66.9 Å². The fraction of sp³-hybridized carbons (Fsp3) is 0.217. The van der Waals surface area contributed by atoms with Crippen LogP contribution < -0.4 is 14.8 Å². The fourth-order valence-corrected chi connectivity index (χ4v) is 3.19. The lowest BCUT2D eigenvalue weighted by Crippen LogP contribution is -2.34. The fourth-order valence-electron chi connectivity index (χ4n) is 2.95. The van der Waals surface area contributed by atoms with Crippen LogP contribution in [0.1, 0.15) is 16.8 Å². The monoisotopic (exact) mass is 407 g/mol. The lowest BCUT2D eigenvalue weighted by Gasteiger charge is -2.26. The molecule has 0 aliphatic rings. The number of aryl methyl sites for hydroxylation is 1. The van der Waals surface area contributed by atoms with Crippen LogP contribution in [0.4, 0.5) is 5.69 Å². The van der Waals surface area contributed by atoms with Gasteiger partial charge in [-0.05, 0) is 66.7 Å². The van der Waals surface area contributed by atoms with E-state index in [9.17, 15) is 0 Å². The van der Waals surface area contributed by atoms with Gasteiger partial charge in [-0.15, -0.1) is 0 Å². The van der Waals surface area contributed by atoms with Crippen LogP contribution in [0.25, 0.3) is 0 Å². The number of nitrogens with one attached hydrogen (secondary N) is 1. The van der Waals surface area contributed by atoms with Crippen molar-refractivity contribution in [1.82, 2.24) is 9.88 Å². The maximum absolute atomic E-state index is 5.76. The number of thiocarbonyl (C=S) groups is 1. The van der Waals surface area contributed by atoms with Crippen molar-refractivity contribution in [3.8, 4) is 11.5 Å². The minimum absolute atomic E-state index is 0.590. The van der Waals surface area contributed by atoms with Crippen molar-refractivity contribution < 1.29 is 9.47 Å². The van der Waals surface area contributed by atoms with Crippen LogP contribution >= 0.6 is 12.2 Å². The quantitative estimate of drug-likeness (QED) is 0.568. The molecule has 0 fully saturated rings. The molecule has 0 spiro atoms. The van der Waals surface area contributed by atoms with Crippen molar-refractivity contribution in [3.05, 3.63) is 83.7 Å². The summed E-state index contributed by atoms with van der Waals surface area (Å²) >= 11 is 5.76. The molecule has 1 N–H and O–H groups in total. The molecule has 0 unspecified atom stereocenters. The second-order valence-electron chi connectivity index (χ2n) is 6.66. The van der Waals surface area contributed by atoms with E-state index >= 15 is 0 Å². The number of aromatic nitrogens is 1. The van der Waals surface area contributed by atoms with E-state index in [1.807, 2.05) is 67.6 Å². The second-order valence-corrected chi connectivity index (χ2v) is 7.05. The van der Waals surface area contributed by atoms with Crippen LogP contribution in [0.3, 0.4) is 0 Å². The lowest BCUT2D eigenvalue weighted by molar-refractivity contribution is 0.402. The Balaban J connectivity index is 1.83. The van der Waals surface area contributed by atoms with Gasteiger partial charge in [0, 0.05) is 12.7 Å². The Morgan fingerprint density at radius 3 is 2.45 bits per heavy atom. The average molecular weight is 408 g/mol. The Morgan fingerprint density at radius 1 is 1.00 bits per heavy atom. The molecule has 0 atom stereocenters. The van der Waals surface area contributed by atoms with Gasteiger partial charge in [0.2, 0.25) is 0 Å². The first-order chi connectivity index (χ1) is 14.1.